The Morgan fingerprint density at radius 1 is 1.30 bits per heavy atom. The van der Waals surface area contributed by atoms with E-state index in [4.69, 9.17) is 4.74 Å². The van der Waals surface area contributed by atoms with Crippen molar-refractivity contribution in [3.63, 3.8) is 0 Å². The zero-order chi connectivity index (χ0) is 15.6. The fourth-order valence-corrected chi connectivity index (χ4v) is 3.59. The van der Waals surface area contributed by atoms with Gasteiger partial charge >= 0.3 is 0 Å². The van der Waals surface area contributed by atoms with Gasteiger partial charge in [-0.05, 0) is 43.5 Å². The van der Waals surface area contributed by atoms with E-state index in [0.29, 0.717) is 26.1 Å². The van der Waals surface area contributed by atoms with E-state index in [1.807, 2.05) is 11.9 Å². The van der Waals surface area contributed by atoms with Crippen LogP contribution in [0.5, 0.6) is 0 Å². The Hall–Kier alpha value is -1.17. The van der Waals surface area contributed by atoms with Crippen molar-refractivity contribution in [2.45, 2.75) is 30.7 Å². The maximum Gasteiger partial charge on any atom is 0.233 e. The molecule has 4 nitrogen and oxygen atoms in total. The van der Waals surface area contributed by atoms with E-state index >= 15 is 0 Å². The molecule has 2 heterocycles. The number of hydrogen-bond donors (Lipinski definition) is 1. The third-order valence-electron chi connectivity index (χ3n) is 5.05. The van der Waals surface area contributed by atoms with Crippen LogP contribution < -0.4 is 5.32 Å². The highest BCUT2D eigenvalue weighted by atomic mass is 35.5. The molecule has 1 unspecified atom stereocenters. The maximum atomic E-state index is 13.3. The average Bonchev–Trinajstić information content (AvgIpc) is 3.09. The van der Waals surface area contributed by atoms with Gasteiger partial charge in [-0.15, -0.1) is 12.4 Å². The van der Waals surface area contributed by atoms with E-state index in [1.165, 1.54) is 12.1 Å². The van der Waals surface area contributed by atoms with Gasteiger partial charge in [0.1, 0.15) is 5.82 Å². The Morgan fingerprint density at radius 2 is 1.96 bits per heavy atom. The molecule has 1 N–H and O–H groups in total. The first-order chi connectivity index (χ1) is 10.6. The minimum Gasteiger partial charge on any atom is -0.381 e. The number of halogens is 2. The molecule has 1 aromatic carbocycles. The first-order valence-electron chi connectivity index (χ1n) is 7.95. The van der Waals surface area contributed by atoms with Gasteiger partial charge in [0.25, 0.3) is 0 Å². The van der Waals surface area contributed by atoms with Crippen molar-refractivity contribution >= 4 is 18.3 Å². The lowest BCUT2D eigenvalue weighted by atomic mass is 9.73. The molecule has 1 amide bonds. The summed E-state index contributed by atoms with van der Waals surface area (Å²) in [6, 6.07) is 6.62. The van der Waals surface area contributed by atoms with Gasteiger partial charge in [0, 0.05) is 32.8 Å². The van der Waals surface area contributed by atoms with Crippen molar-refractivity contribution in [3.8, 4) is 0 Å². The van der Waals surface area contributed by atoms with Gasteiger partial charge in [-0.25, -0.2) is 4.39 Å². The van der Waals surface area contributed by atoms with Gasteiger partial charge in [0.05, 0.1) is 5.41 Å². The molecule has 0 aliphatic carbocycles. The fourth-order valence-electron chi connectivity index (χ4n) is 3.59. The zero-order valence-corrected chi connectivity index (χ0v) is 14.2. The number of benzene rings is 1. The Labute approximate surface area is 142 Å². The second-order valence-electron chi connectivity index (χ2n) is 6.26. The molecule has 2 aliphatic rings. The van der Waals surface area contributed by atoms with Crippen LogP contribution in [0.1, 0.15) is 24.8 Å². The van der Waals surface area contributed by atoms with Crippen LogP contribution in [0.3, 0.4) is 0 Å². The van der Waals surface area contributed by atoms with Crippen molar-refractivity contribution in [1.29, 1.82) is 0 Å². The van der Waals surface area contributed by atoms with Gasteiger partial charge in [-0.3, -0.25) is 4.79 Å². The summed E-state index contributed by atoms with van der Waals surface area (Å²) in [5.74, 6) is -0.136. The topological polar surface area (TPSA) is 41.6 Å². The number of carbonyl (C=O) groups is 1. The molecule has 128 valence electrons. The quantitative estimate of drug-likeness (QED) is 0.914. The summed E-state index contributed by atoms with van der Waals surface area (Å²) in [5.41, 5.74) is 0.323. The van der Waals surface area contributed by atoms with Crippen molar-refractivity contribution < 1.29 is 13.9 Å². The summed E-state index contributed by atoms with van der Waals surface area (Å²) in [5, 5.41) is 3.30. The van der Waals surface area contributed by atoms with E-state index in [2.05, 4.69) is 5.32 Å². The fraction of sp³-hybridized carbons (Fsp3) is 0.588. The number of amides is 1. The minimum atomic E-state index is -0.580. The van der Waals surface area contributed by atoms with Crippen LogP contribution in [0.15, 0.2) is 24.3 Å². The summed E-state index contributed by atoms with van der Waals surface area (Å²) < 4.78 is 18.7. The number of nitrogens with one attached hydrogen (secondary N) is 1. The lowest BCUT2D eigenvalue weighted by molar-refractivity contribution is -0.141. The molecule has 2 aliphatic heterocycles. The normalized spacial score (nSPS) is 23.1. The Kier molecular flexibility index (Phi) is 6.00. The smallest absolute Gasteiger partial charge is 0.233 e. The number of hydrogen-bond acceptors (Lipinski definition) is 3. The lowest BCUT2D eigenvalue weighted by Crippen LogP contribution is -2.52. The highest BCUT2D eigenvalue weighted by Gasteiger charge is 2.44. The summed E-state index contributed by atoms with van der Waals surface area (Å²) in [6.07, 6.45) is 2.29. The Bertz CT molecular complexity index is 526. The summed E-state index contributed by atoms with van der Waals surface area (Å²) in [4.78, 5) is 15.1. The van der Waals surface area contributed by atoms with E-state index in [0.717, 1.165) is 25.1 Å². The van der Waals surface area contributed by atoms with Gasteiger partial charge in [0.2, 0.25) is 5.91 Å². The van der Waals surface area contributed by atoms with Crippen LogP contribution in [-0.4, -0.2) is 50.2 Å². The van der Waals surface area contributed by atoms with Crippen molar-refractivity contribution in [1.82, 2.24) is 10.2 Å². The molecule has 1 atom stereocenters. The van der Waals surface area contributed by atoms with Gasteiger partial charge < -0.3 is 15.0 Å². The number of likely N-dealkylation sites (N-methyl/N-ethyl adjacent to an activating group) is 1. The van der Waals surface area contributed by atoms with E-state index in [9.17, 15) is 9.18 Å². The third-order valence-corrected chi connectivity index (χ3v) is 5.05. The van der Waals surface area contributed by atoms with Crippen LogP contribution in [0.4, 0.5) is 4.39 Å². The van der Waals surface area contributed by atoms with Crippen LogP contribution in [-0.2, 0) is 14.9 Å². The number of rotatable bonds is 3. The molecule has 3 rings (SSSR count). The molecule has 0 bridgehead atoms. The Balaban J connectivity index is 0.00000192. The van der Waals surface area contributed by atoms with E-state index < -0.39 is 5.41 Å². The SMILES string of the molecule is CN(C(=O)C1(c2ccc(F)cc2)CCOCC1)C1CCNC1.Cl. The van der Waals surface area contributed by atoms with Crippen LogP contribution in [0, 0.1) is 5.82 Å². The van der Waals surface area contributed by atoms with Crippen LogP contribution >= 0.6 is 12.4 Å². The third kappa shape index (κ3) is 3.52. The molecule has 2 fully saturated rings. The predicted octanol–water partition coefficient (Wildman–Crippen LogP) is 2.12. The number of carbonyl (C=O) groups excluding carboxylic acids is 1. The first-order valence-corrected chi connectivity index (χ1v) is 7.95. The molecular formula is C17H24ClFN2O2. The van der Waals surface area contributed by atoms with E-state index in [1.54, 1.807) is 12.1 Å². The van der Waals surface area contributed by atoms with Crippen molar-refractivity contribution in [3.05, 3.63) is 35.6 Å². The molecule has 6 heteroatoms. The molecular weight excluding hydrogens is 319 g/mol. The molecule has 1 aromatic rings. The summed E-state index contributed by atoms with van der Waals surface area (Å²) in [6.45, 7) is 2.94. The van der Waals surface area contributed by atoms with Gasteiger partial charge in [-0.1, -0.05) is 12.1 Å². The highest BCUT2D eigenvalue weighted by Crippen LogP contribution is 2.37. The highest BCUT2D eigenvalue weighted by molar-refractivity contribution is 5.88. The molecule has 0 saturated carbocycles. The summed E-state index contributed by atoms with van der Waals surface area (Å²) in [7, 11) is 1.89. The summed E-state index contributed by atoms with van der Waals surface area (Å²) >= 11 is 0. The molecule has 0 radical (unpaired) electrons. The zero-order valence-electron chi connectivity index (χ0n) is 13.4. The molecule has 0 spiro atoms. The predicted molar refractivity (Wildman–Crippen MR) is 89.4 cm³/mol. The van der Waals surface area contributed by atoms with E-state index in [-0.39, 0.29) is 30.2 Å². The molecule has 2 saturated heterocycles. The number of ether oxygens (including phenoxy) is 1. The van der Waals surface area contributed by atoms with Gasteiger partial charge in [-0.2, -0.15) is 0 Å². The second-order valence-corrected chi connectivity index (χ2v) is 6.26. The monoisotopic (exact) mass is 342 g/mol. The largest absolute Gasteiger partial charge is 0.381 e. The van der Waals surface area contributed by atoms with Crippen molar-refractivity contribution in [2.75, 3.05) is 33.4 Å². The van der Waals surface area contributed by atoms with Crippen LogP contribution in [0.25, 0.3) is 0 Å². The van der Waals surface area contributed by atoms with Crippen molar-refractivity contribution in [2.24, 2.45) is 0 Å². The number of nitrogens with zero attached hydrogens (tertiary/aromatic N) is 1. The minimum absolute atomic E-state index is 0. The molecule has 0 aromatic heterocycles. The lowest BCUT2D eigenvalue weighted by Gasteiger charge is -2.40. The molecule has 23 heavy (non-hydrogen) atoms. The maximum absolute atomic E-state index is 13.3. The first kappa shape index (κ1) is 18.2. The Morgan fingerprint density at radius 3 is 2.52 bits per heavy atom. The standard InChI is InChI=1S/C17H23FN2O2.ClH/c1-20(15-6-9-19-12-15)16(21)17(7-10-22-11-8-17)13-2-4-14(18)5-3-13;/h2-5,15,19H,6-12H2,1H3;1H. The second kappa shape index (κ2) is 7.60. The van der Waals surface area contributed by atoms with Gasteiger partial charge in [0.15, 0.2) is 0 Å². The average molecular weight is 343 g/mol. The van der Waals surface area contributed by atoms with Crippen LogP contribution in [0.2, 0.25) is 0 Å².